The molecule has 3 aliphatic rings. The van der Waals surface area contributed by atoms with Crippen LogP contribution in [0.1, 0.15) is 99.7 Å². The SMILES string of the molecule is C[C@@]12CCC[C@H]1[C@@H]1CCc3cc(O)ccc3[C@H]1[C@@H](c1ccc(OCCCCCS(=O)(=O)CCCC(F)(F)C(F)(F)F)cc1)C2. The maximum atomic E-state index is 13.0. The minimum Gasteiger partial charge on any atom is -0.508 e. The van der Waals surface area contributed by atoms with Gasteiger partial charge in [0.05, 0.1) is 18.1 Å². The van der Waals surface area contributed by atoms with Gasteiger partial charge >= 0.3 is 12.1 Å². The van der Waals surface area contributed by atoms with Gasteiger partial charge in [-0.25, -0.2) is 8.42 Å². The van der Waals surface area contributed by atoms with E-state index in [9.17, 15) is 35.5 Å². The molecule has 0 unspecified atom stereocenters. The number of phenolic OH excluding ortho intramolecular Hbond substituents is 1. The van der Waals surface area contributed by atoms with Crippen LogP contribution in [0.15, 0.2) is 42.5 Å². The molecule has 0 aromatic heterocycles. The second kappa shape index (κ2) is 12.8. The van der Waals surface area contributed by atoms with E-state index >= 15 is 0 Å². The van der Waals surface area contributed by atoms with Crippen molar-refractivity contribution in [2.24, 2.45) is 17.3 Å². The Morgan fingerprint density at radius 3 is 2.41 bits per heavy atom. The predicted molar refractivity (Wildman–Crippen MR) is 160 cm³/mol. The van der Waals surface area contributed by atoms with E-state index in [4.69, 9.17) is 4.74 Å². The first kappa shape index (κ1) is 33.0. The topological polar surface area (TPSA) is 63.6 Å². The van der Waals surface area contributed by atoms with Gasteiger partial charge in [-0.15, -0.1) is 0 Å². The summed E-state index contributed by atoms with van der Waals surface area (Å²) >= 11 is 0. The lowest BCUT2D eigenvalue weighted by atomic mass is 9.51. The molecule has 0 aliphatic heterocycles. The summed E-state index contributed by atoms with van der Waals surface area (Å²) in [7, 11) is -3.70. The first-order chi connectivity index (χ1) is 20.7. The Labute approximate surface area is 257 Å². The van der Waals surface area contributed by atoms with Gasteiger partial charge in [0.25, 0.3) is 0 Å². The molecule has 5 rings (SSSR count). The first-order valence-electron chi connectivity index (χ1n) is 15.9. The molecule has 244 valence electrons. The number of ether oxygens (including phenoxy) is 1. The number of phenols is 1. The standard InChI is InChI=1S/C34H43F5O4S/c1-32-16-5-7-30(32)28-14-10-24-21-25(40)11-15-27(24)31(28)29(22-32)23-8-12-26(13-9-23)43-18-3-2-4-19-44(41,42)20-6-17-33(35,36)34(37,38)39/h8-9,11-13,15,21,28-31,40H,2-7,10,14,16-20,22H2,1H3/t28-,29+,30-,31+,32-/m0/s1. The van der Waals surface area contributed by atoms with Crippen LogP contribution in [0.2, 0.25) is 0 Å². The smallest absolute Gasteiger partial charge is 0.453 e. The van der Waals surface area contributed by atoms with Crippen LogP contribution in [0.4, 0.5) is 22.0 Å². The molecule has 1 N–H and O–H groups in total. The minimum absolute atomic E-state index is 0.245. The molecule has 4 nitrogen and oxygen atoms in total. The third-order valence-electron chi connectivity index (χ3n) is 10.5. The molecule has 5 atom stereocenters. The van der Waals surface area contributed by atoms with E-state index in [2.05, 4.69) is 25.1 Å². The highest BCUT2D eigenvalue weighted by Gasteiger charge is 2.57. The molecule has 0 spiro atoms. The normalized spacial score (nSPS) is 27.0. The zero-order valence-electron chi connectivity index (χ0n) is 25.2. The maximum absolute atomic E-state index is 13.0. The summed E-state index contributed by atoms with van der Waals surface area (Å²) in [6, 6.07) is 14.2. The number of aromatic hydroxyl groups is 1. The Balaban J connectivity index is 1.12. The fraction of sp³-hybridized carbons (Fsp3) is 0.647. The second-order valence-corrected chi connectivity index (χ2v) is 15.8. The molecule has 2 aromatic carbocycles. The zero-order valence-corrected chi connectivity index (χ0v) is 26.0. The van der Waals surface area contributed by atoms with Crippen LogP contribution in [0, 0.1) is 17.3 Å². The van der Waals surface area contributed by atoms with E-state index in [1.54, 1.807) is 0 Å². The number of unbranched alkanes of at least 4 members (excludes halogenated alkanes) is 2. The first-order valence-corrected chi connectivity index (χ1v) is 17.7. The molecule has 2 saturated carbocycles. The number of fused-ring (bicyclic) bond motifs is 5. The maximum Gasteiger partial charge on any atom is 0.453 e. The number of hydrogen-bond donors (Lipinski definition) is 1. The van der Waals surface area contributed by atoms with Crippen LogP contribution in [-0.2, 0) is 16.3 Å². The van der Waals surface area contributed by atoms with Crippen LogP contribution in [0.25, 0.3) is 0 Å². The van der Waals surface area contributed by atoms with Crippen molar-refractivity contribution in [1.82, 2.24) is 0 Å². The Morgan fingerprint density at radius 1 is 0.955 bits per heavy atom. The number of sulfone groups is 1. The van der Waals surface area contributed by atoms with Crippen molar-refractivity contribution >= 4 is 9.84 Å². The fourth-order valence-electron chi connectivity index (χ4n) is 8.39. The summed E-state index contributed by atoms with van der Waals surface area (Å²) in [4.78, 5) is 0. The van der Waals surface area contributed by atoms with Gasteiger partial charge in [-0.3, -0.25) is 0 Å². The van der Waals surface area contributed by atoms with Gasteiger partial charge in [-0.05, 0) is 128 Å². The highest BCUT2D eigenvalue weighted by Crippen LogP contribution is 2.65. The average Bonchev–Trinajstić information content (AvgIpc) is 3.35. The van der Waals surface area contributed by atoms with Crippen molar-refractivity contribution in [3.8, 4) is 11.5 Å². The molecule has 0 amide bonds. The second-order valence-electron chi connectivity index (χ2n) is 13.5. The summed E-state index contributed by atoms with van der Waals surface area (Å²) in [5, 5.41) is 10.1. The molecular formula is C34H43F5O4S. The van der Waals surface area contributed by atoms with E-state index in [1.165, 1.54) is 36.0 Å². The summed E-state index contributed by atoms with van der Waals surface area (Å²) in [5.74, 6) is -2.54. The molecule has 0 radical (unpaired) electrons. The number of halogens is 5. The van der Waals surface area contributed by atoms with Gasteiger partial charge in [0.15, 0.2) is 0 Å². The van der Waals surface area contributed by atoms with E-state index in [0.717, 1.165) is 30.9 Å². The Bertz CT molecular complexity index is 1390. The number of rotatable bonds is 12. The number of hydrogen-bond acceptors (Lipinski definition) is 4. The van der Waals surface area contributed by atoms with Gasteiger partial charge < -0.3 is 9.84 Å². The van der Waals surface area contributed by atoms with Crippen molar-refractivity contribution < 1.29 is 40.2 Å². The quantitative estimate of drug-likeness (QED) is 0.185. The lowest BCUT2D eigenvalue weighted by Gasteiger charge is -2.53. The van der Waals surface area contributed by atoms with Crippen molar-refractivity contribution in [2.75, 3.05) is 18.1 Å². The molecule has 2 aromatic rings. The molecule has 10 heteroatoms. The molecule has 0 bridgehead atoms. The van der Waals surface area contributed by atoms with Crippen LogP contribution in [0.3, 0.4) is 0 Å². The predicted octanol–water partition coefficient (Wildman–Crippen LogP) is 8.97. The monoisotopic (exact) mass is 642 g/mol. The number of benzene rings is 2. The van der Waals surface area contributed by atoms with Gasteiger partial charge in [0.1, 0.15) is 21.3 Å². The highest BCUT2D eigenvalue weighted by molar-refractivity contribution is 7.91. The number of alkyl halides is 5. The summed E-state index contributed by atoms with van der Waals surface area (Å²) in [5.41, 5.74) is 4.31. The molecule has 0 heterocycles. The molecule has 2 fully saturated rings. The van der Waals surface area contributed by atoms with E-state index in [1.807, 2.05) is 24.3 Å². The molecule has 3 aliphatic carbocycles. The van der Waals surface area contributed by atoms with Crippen LogP contribution < -0.4 is 4.74 Å². The minimum atomic E-state index is -5.67. The lowest BCUT2D eigenvalue weighted by Crippen LogP contribution is -2.43. The highest BCUT2D eigenvalue weighted by atomic mass is 32.2. The van der Waals surface area contributed by atoms with E-state index < -0.39 is 40.5 Å². The van der Waals surface area contributed by atoms with E-state index in [-0.39, 0.29) is 5.75 Å². The lowest BCUT2D eigenvalue weighted by molar-refractivity contribution is -0.284. The Morgan fingerprint density at radius 2 is 1.68 bits per heavy atom. The van der Waals surface area contributed by atoms with Crippen molar-refractivity contribution in [2.45, 2.75) is 101 Å². The van der Waals surface area contributed by atoms with Gasteiger partial charge in [0, 0.05) is 6.42 Å². The van der Waals surface area contributed by atoms with Crippen molar-refractivity contribution in [1.29, 1.82) is 0 Å². The van der Waals surface area contributed by atoms with Crippen molar-refractivity contribution in [3.63, 3.8) is 0 Å². The Hall–Kier alpha value is -2.36. The van der Waals surface area contributed by atoms with Gasteiger partial charge in [0.2, 0.25) is 0 Å². The van der Waals surface area contributed by atoms with Crippen LogP contribution in [0.5, 0.6) is 11.5 Å². The van der Waals surface area contributed by atoms with Crippen LogP contribution in [-0.4, -0.2) is 43.7 Å². The van der Waals surface area contributed by atoms with Crippen molar-refractivity contribution in [3.05, 3.63) is 59.2 Å². The third kappa shape index (κ3) is 7.20. The van der Waals surface area contributed by atoms with Crippen LogP contribution >= 0.6 is 0 Å². The molecule has 0 saturated heterocycles. The van der Waals surface area contributed by atoms with E-state index in [0.29, 0.717) is 54.8 Å². The zero-order chi connectivity index (χ0) is 31.8. The molecular weight excluding hydrogens is 599 g/mol. The molecule has 44 heavy (non-hydrogen) atoms. The average molecular weight is 643 g/mol. The summed E-state index contributed by atoms with van der Waals surface area (Å²) in [6.07, 6.45) is 0.700. The largest absolute Gasteiger partial charge is 0.508 e. The summed E-state index contributed by atoms with van der Waals surface area (Å²) < 4.78 is 92.8. The number of aryl methyl sites for hydroxylation is 1. The van der Waals surface area contributed by atoms with Gasteiger partial charge in [-0.1, -0.05) is 31.5 Å². The van der Waals surface area contributed by atoms with Gasteiger partial charge in [-0.2, -0.15) is 22.0 Å². The Kier molecular flexibility index (Phi) is 9.60. The third-order valence-corrected chi connectivity index (χ3v) is 12.3. The fourth-order valence-corrected chi connectivity index (χ4v) is 9.82. The summed E-state index contributed by atoms with van der Waals surface area (Å²) in [6.45, 7) is 2.87.